The molecule has 1 heterocycles. The van der Waals surface area contributed by atoms with Crippen LogP contribution < -0.4 is 9.47 Å². The largest absolute Gasteiger partial charge is 0.508 e. The molecule has 0 bridgehead atoms. The van der Waals surface area contributed by atoms with Crippen molar-refractivity contribution < 1.29 is 14.6 Å². The number of benzene rings is 3. The minimum atomic E-state index is 0.198. The van der Waals surface area contributed by atoms with Crippen molar-refractivity contribution in [1.29, 1.82) is 0 Å². The number of hydrogen-bond acceptors (Lipinski definition) is 4. The first-order valence-corrected chi connectivity index (χ1v) is 10.8. The Balaban J connectivity index is 1.64. The maximum Gasteiger partial charge on any atom is 0.161 e. The molecule has 0 saturated carbocycles. The average molecular weight is 418 g/mol. The van der Waals surface area contributed by atoms with E-state index in [4.69, 9.17) is 9.47 Å². The fraction of sp³-hybridized carbons (Fsp3) is 0.333. The number of hydrogen-bond donors (Lipinski definition) is 1. The third-order valence-corrected chi connectivity index (χ3v) is 6.17. The summed E-state index contributed by atoms with van der Waals surface area (Å²) in [6, 6.07) is 18.5. The molecule has 4 nitrogen and oxygen atoms in total. The number of fused-ring (bicyclic) bond motifs is 1. The van der Waals surface area contributed by atoms with Crippen molar-refractivity contribution in [3.05, 3.63) is 88.0 Å². The summed E-state index contributed by atoms with van der Waals surface area (Å²) in [6.45, 7) is 5.85. The Bertz CT molecular complexity index is 1080. The summed E-state index contributed by atoms with van der Waals surface area (Å²) in [5, 5.41) is 9.68. The highest BCUT2D eigenvalue weighted by molar-refractivity contribution is 5.52. The highest BCUT2D eigenvalue weighted by Crippen LogP contribution is 2.41. The van der Waals surface area contributed by atoms with Crippen LogP contribution in [0, 0.1) is 13.8 Å². The Morgan fingerprint density at radius 3 is 2.58 bits per heavy atom. The molecule has 0 aromatic heterocycles. The molecule has 0 amide bonds. The monoisotopic (exact) mass is 417 g/mol. The number of aryl methyl sites for hydroxylation is 2. The molecule has 0 spiro atoms. The summed E-state index contributed by atoms with van der Waals surface area (Å²) < 4.78 is 11.8. The SMILES string of the molecule is COc1cc2c(cc1OCCc1cccc(O)c1)C(c1ccc(C)cc1C)N(C)CC2. The fourth-order valence-electron chi connectivity index (χ4n) is 4.55. The van der Waals surface area contributed by atoms with Crippen molar-refractivity contribution in [3.63, 3.8) is 0 Å². The topological polar surface area (TPSA) is 41.9 Å². The third-order valence-electron chi connectivity index (χ3n) is 6.17. The van der Waals surface area contributed by atoms with Crippen LogP contribution in [0.1, 0.15) is 39.4 Å². The van der Waals surface area contributed by atoms with E-state index in [0.29, 0.717) is 6.61 Å². The van der Waals surface area contributed by atoms with Crippen LogP contribution >= 0.6 is 0 Å². The van der Waals surface area contributed by atoms with Crippen molar-refractivity contribution in [2.24, 2.45) is 0 Å². The standard InChI is InChI=1S/C27H31NO3/c1-18-8-9-23(19(2)14-18)27-24-17-26(25(30-4)16-21(24)10-12-28(27)3)31-13-11-20-6-5-7-22(29)15-20/h5-9,14-17,27,29H,10-13H2,1-4H3. The second-order valence-electron chi connectivity index (χ2n) is 8.46. The van der Waals surface area contributed by atoms with Gasteiger partial charge in [-0.25, -0.2) is 0 Å². The average Bonchev–Trinajstić information content (AvgIpc) is 2.74. The predicted octanol–water partition coefficient (Wildman–Crippen LogP) is 5.22. The molecule has 1 N–H and O–H groups in total. The van der Waals surface area contributed by atoms with Gasteiger partial charge in [-0.05, 0) is 79.4 Å². The molecule has 0 radical (unpaired) electrons. The zero-order chi connectivity index (χ0) is 22.0. The van der Waals surface area contributed by atoms with Crippen molar-refractivity contribution in [2.75, 3.05) is 27.3 Å². The Morgan fingerprint density at radius 1 is 1.00 bits per heavy atom. The van der Waals surface area contributed by atoms with E-state index in [9.17, 15) is 5.11 Å². The molecule has 1 aliphatic heterocycles. The van der Waals surface area contributed by atoms with E-state index in [0.717, 1.165) is 36.4 Å². The van der Waals surface area contributed by atoms with Crippen LogP contribution in [0.2, 0.25) is 0 Å². The molecule has 3 aromatic carbocycles. The molecule has 3 aromatic rings. The van der Waals surface area contributed by atoms with Crippen molar-refractivity contribution >= 4 is 0 Å². The van der Waals surface area contributed by atoms with Gasteiger partial charge >= 0.3 is 0 Å². The highest BCUT2D eigenvalue weighted by atomic mass is 16.5. The summed E-state index contributed by atoms with van der Waals surface area (Å²) in [5.41, 5.74) is 7.58. The quantitative estimate of drug-likeness (QED) is 0.597. The number of phenols is 1. The van der Waals surface area contributed by atoms with Gasteiger partial charge in [0.2, 0.25) is 0 Å². The first-order valence-electron chi connectivity index (χ1n) is 10.8. The molecule has 0 saturated heterocycles. The zero-order valence-electron chi connectivity index (χ0n) is 18.8. The van der Waals surface area contributed by atoms with Gasteiger partial charge in [0.05, 0.1) is 19.8 Å². The summed E-state index contributed by atoms with van der Waals surface area (Å²) in [7, 11) is 3.89. The van der Waals surface area contributed by atoms with Gasteiger partial charge in [-0.1, -0.05) is 35.9 Å². The van der Waals surface area contributed by atoms with Gasteiger partial charge in [0.15, 0.2) is 11.5 Å². The van der Waals surface area contributed by atoms with Crippen LogP contribution in [0.5, 0.6) is 17.2 Å². The Labute approximate surface area is 185 Å². The zero-order valence-corrected chi connectivity index (χ0v) is 18.8. The lowest BCUT2D eigenvalue weighted by Gasteiger charge is -2.36. The second kappa shape index (κ2) is 9.03. The smallest absolute Gasteiger partial charge is 0.161 e. The van der Waals surface area contributed by atoms with E-state index in [-0.39, 0.29) is 11.8 Å². The van der Waals surface area contributed by atoms with Gasteiger partial charge in [0.25, 0.3) is 0 Å². The summed E-state index contributed by atoms with van der Waals surface area (Å²) >= 11 is 0. The Hall–Kier alpha value is -2.98. The molecule has 162 valence electrons. The van der Waals surface area contributed by atoms with Gasteiger partial charge in [0, 0.05) is 13.0 Å². The molecule has 4 heteroatoms. The Morgan fingerprint density at radius 2 is 1.84 bits per heavy atom. The molecule has 31 heavy (non-hydrogen) atoms. The van der Waals surface area contributed by atoms with Gasteiger partial charge in [-0.3, -0.25) is 4.90 Å². The van der Waals surface area contributed by atoms with E-state index in [2.05, 4.69) is 56.1 Å². The lowest BCUT2D eigenvalue weighted by molar-refractivity contribution is 0.259. The molecule has 4 rings (SSSR count). The van der Waals surface area contributed by atoms with E-state index < -0.39 is 0 Å². The van der Waals surface area contributed by atoms with Crippen LogP contribution in [-0.2, 0) is 12.8 Å². The van der Waals surface area contributed by atoms with Gasteiger partial charge in [-0.15, -0.1) is 0 Å². The minimum Gasteiger partial charge on any atom is -0.508 e. The molecule has 0 aliphatic carbocycles. The normalized spacial score (nSPS) is 16.1. The first kappa shape index (κ1) is 21.3. The molecule has 1 unspecified atom stereocenters. The van der Waals surface area contributed by atoms with E-state index in [1.807, 2.05) is 12.1 Å². The molecular formula is C27H31NO3. The van der Waals surface area contributed by atoms with Gasteiger partial charge < -0.3 is 14.6 Å². The predicted molar refractivity (Wildman–Crippen MR) is 124 cm³/mol. The highest BCUT2D eigenvalue weighted by Gasteiger charge is 2.29. The number of likely N-dealkylation sites (N-methyl/N-ethyl adjacent to an activating group) is 1. The number of ether oxygens (including phenoxy) is 2. The number of rotatable bonds is 6. The molecule has 1 atom stereocenters. The van der Waals surface area contributed by atoms with Crippen molar-refractivity contribution in [3.8, 4) is 17.2 Å². The van der Waals surface area contributed by atoms with Gasteiger partial charge in [-0.2, -0.15) is 0 Å². The number of phenolic OH excluding ortho intramolecular Hbond substituents is 1. The maximum absolute atomic E-state index is 9.68. The minimum absolute atomic E-state index is 0.198. The van der Waals surface area contributed by atoms with Crippen LogP contribution in [0.4, 0.5) is 0 Å². The molecule has 1 aliphatic rings. The lowest BCUT2D eigenvalue weighted by atomic mass is 9.86. The summed E-state index contributed by atoms with van der Waals surface area (Å²) in [6.07, 6.45) is 1.71. The maximum atomic E-state index is 9.68. The number of methoxy groups -OCH3 is 1. The summed E-state index contributed by atoms with van der Waals surface area (Å²) in [5.74, 6) is 1.83. The summed E-state index contributed by atoms with van der Waals surface area (Å²) in [4.78, 5) is 2.42. The van der Waals surface area contributed by atoms with Crippen molar-refractivity contribution in [1.82, 2.24) is 4.90 Å². The Kier molecular flexibility index (Phi) is 6.19. The van der Waals surface area contributed by atoms with E-state index in [1.54, 1.807) is 19.2 Å². The lowest BCUT2D eigenvalue weighted by Crippen LogP contribution is -2.33. The molecular weight excluding hydrogens is 386 g/mol. The van der Waals surface area contributed by atoms with E-state index in [1.165, 1.54) is 27.8 Å². The van der Waals surface area contributed by atoms with Crippen LogP contribution in [0.15, 0.2) is 54.6 Å². The van der Waals surface area contributed by atoms with Crippen LogP contribution in [-0.4, -0.2) is 37.3 Å². The van der Waals surface area contributed by atoms with Crippen LogP contribution in [0.25, 0.3) is 0 Å². The number of nitrogens with zero attached hydrogens (tertiary/aromatic N) is 1. The van der Waals surface area contributed by atoms with Crippen molar-refractivity contribution in [2.45, 2.75) is 32.7 Å². The van der Waals surface area contributed by atoms with E-state index >= 15 is 0 Å². The van der Waals surface area contributed by atoms with Gasteiger partial charge in [0.1, 0.15) is 5.75 Å². The fourth-order valence-corrected chi connectivity index (χ4v) is 4.55. The first-order chi connectivity index (χ1) is 15.0. The second-order valence-corrected chi connectivity index (χ2v) is 8.46. The molecule has 0 fully saturated rings. The number of aromatic hydroxyl groups is 1. The van der Waals surface area contributed by atoms with Crippen LogP contribution in [0.3, 0.4) is 0 Å². The third kappa shape index (κ3) is 4.54.